The lowest BCUT2D eigenvalue weighted by molar-refractivity contribution is -0.121. The van der Waals surface area contributed by atoms with Crippen LogP contribution in [-0.4, -0.2) is 29.2 Å². The van der Waals surface area contributed by atoms with Crippen molar-refractivity contribution in [3.05, 3.63) is 69.8 Å². The van der Waals surface area contributed by atoms with E-state index in [9.17, 15) is 14.4 Å². The third kappa shape index (κ3) is 3.52. The van der Waals surface area contributed by atoms with Crippen LogP contribution in [0.4, 0.5) is 0 Å². The molecule has 1 aliphatic heterocycles. The van der Waals surface area contributed by atoms with E-state index in [1.165, 1.54) is 5.56 Å². The molecule has 0 atom stereocenters. The Kier molecular flexibility index (Phi) is 4.89. The monoisotopic (exact) mass is 350 g/mol. The highest BCUT2D eigenvalue weighted by atomic mass is 16.2. The molecule has 26 heavy (non-hydrogen) atoms. The summed E-state index contributed by atoms with van der Waals surface area (Å²) in [6, 6.07) is 11.3. The Morgan fingerprint density at radius 3 is 2.31 bits per heavy atom. The maximum absolute atomic E-state index is 12.4. The van der Waals surface area contributed by atoms with Crippen molar-refractivity contribution >= 4 is 17.7 Å². The zero-order valence-corrected chi connectivity index (χ0v) is 15.3. The minimum absolute atomic E-state index is 0.0874. The van der Waals surface area contributed by atoms with Crippen molar-refractivity contribution in [2.45, 2.75) is 33.7 Å². The normalized spacial score (nSPS) is 13.1. The molecule has 2 aromatic carbocycles. The van der Waals surface area contributed by atoms with E-state index in [0.717, 1.165) is 21.6 Å². The van der Waals surface area contributed by atoms with Gasteiger partial charge in [-0.1, -0.05) is 35.4 Å². The van der Waals surface area contributed by atoms with Crippen LogP contribution in [-0.2, 0) is 11.3 Å². The highest BCUT2D eigenvalue weighted by Gasteiger charge is 2.35. The molecule has 0 fully saturated rings. The quantitative estimate of drug-likeness (QED) is 0.843. The topological polar surface area (TPSA) is 66.5 Å². The summed E-state index contributed by atoms with van der Waals surface area (Å²) in [5.74, 6) is -0.833. The van der Waals surface area contributed by atoms with Crippen LogP contribution in [0.25, 0.3) is 0 Å². The van der Waals surface area contributed by atoms with Crippen LogP contribution in [0.1, 0.15) is 49.4 Å². The Morgan fingerprint density at radius 2 is 1.58 bits per heavy atom. The van der Waals surface area contributed by atoms with E-state index in [2.05, 4.69) is 11.4 Å². The molecule has 0 aliphatic carbocycles. The van der Waals surface area contributed by atoms with Gasteiger partial charge >= 0.3 is 0 Å². The van der Waals surface area contributed by atoms with Crippen LogP contribution in [0.15, 0.2) is 36.4 Å². The van der Waals surface area contributed by atoms with Crippen LogP contribution in [0.3, 0.4) is 0 Å². The number of aryl methyl sites for hydroxylation is 3. The van der Waals surface area contributed by atoms with E-state index < -0.39 is 0 Å². The maximum atomic E-state index is 12.4. The summed E-state index contributed by atoms with van der Waals surface area (Å²) >= 11 is 0. The lowest BCUT2D eigenvalue weighted by atomic mass is 10.1. The van der Waals surface area contributed by atoms with Gasteiger partial charge in [-0.3, -0.25) is 19.3 Å². The molecule has 5 heteroatoms. The summed E-state index contributed by atoms with van der Waals surface area (Å²) in [5.41, 5.74) is 5.12. The molecule has 134 valence electrons. The number of hydrogen-bond acceptors (Lipinski definition) is 3. The van der Waals surface area contributed by atoms with Crippen molar-refractivity contribution in [3.63, 3.8) is 0 Å². The summed E-state index contributed by atoms with van der Waals surface area (Å²) in [4.78, 5) is 38.0. The van der Waals surface area contributed by atoms with Crippen LogP contribution >= 0.6 is 0 Å². The molecular formula is C21H22N2O3. The Morgan fingerprint density at radius 1 is 0.923 bits per heavy atom. The summed E-state index contributed by atoms with van der Waals surface area (Å²) in [6.07, 6.45) is 0.0926. The molecule has 0 saturated heterocycles. The molecule has 1 heterocycles. The number of carbonyl (C=O) groups excluding carboxylic acids is 3. The number of fused-ring (bicyclic) bond motifs is 1. The van der Waals surface area contributed by atoms with Gasteiger partial charge in [-0.15, -0.1) is 0 Å². The van der Waals surface area contributed by atoms with E-state index in [0.29, 0.717) is 17.7 Å². The Bertz CT molecular complexity index is 902. The fraction of sp³-hybridized carbons (Fsp3) is 0.286. The predicted octanol–water partition coefficient (Wildman–Crippen LogP) is 2.91. The van der Waals surface area contributed by atoms with Crippen LogP contribution in [0.2, 0.25) is 0 Å². The highest BCUT2D eigenvalue weighted by molar-refractivity contribution is 6.21. The lowest BCUT2D eigenvalue weighted by Crippen LogP contribution is -2.34. The third-order valence-electron chi connectivity index (χ3n) is 4.66. The number of imide groups is 1. The molecule has 0 aromatic heterocycles. The lowest BCUT2D eigenvalue weighted by Gasteiger charge is -2.14. The first-order chi connectivity index (χ1) is 12.4. The highest BCUT2D eigenvalue weighted by Crippen LogP contribution is 2.23. The molecule has 2 aromatic rings. The number of benzene rings is 2. The number of rotatable bonds is 5. The second kappa shape index (κ2) is 7.12. The van der Waals surface area contributed by atoms with E-state index >= 15 is 0 Å². The van der Waals surface area contributed by atoms with Gasteiger partial charge in [0.05, 0.1) is 11.1 Å². The molecule has 0 unspecified atom stereocenters. The zero-order valence-electron chi connectivity index (χ0n) is 15.3. The second-order valence-corrected chi connectivity index (χ2v) is 6.77. The van der Waals surface area contributed by atoms with Crippen molar-refractivity contribution < 1.29 is 14.4 Å². The van der Waals surface area contributed by atoms with Gasteiger partial charge in [0.2, 0.25) is 5.91 Å². The van der Waals surface area contributed by atoms with Crippen LogP contribution in [0, 0.1) is 20.8 Å². The van der Waals surface area contributed by atoms with Gasteiger partial charge in [-0.05, 0) is 44.0 Å². The van der Waals surface area contributed by atoms with Crippen LogP contribution < -0.4 is 5.32 Å². The second-order valence-electron chi connectivity index (χ2n) is 6.77. The van der Waals surface area contributed by atoms with Crippen molar-refractivity contribution in [3.8, 4) is 0 Å². The van der Waals surface area contributed by atoms with Crippen molar-refractivity contribution in [1.29, 1.82) is 0 Å². The first kappa shape index (κ1) is 17.9. The summed E-state index contributed by atoms with van der Waals surface area (Å²) < 4.78 is 0. The molecule has 1 N–H and O–H groups in total. The average molecular weight is 350 g/mol. The third-order valence-corrected chi connectivity index (χ3v) is 4.66. The summed E-state index contributed by atoms with van der Waals surface area (Å²) in [7, 11) is 0. The molecule has 0 radical (unpaired) electrons. The van der Waals surface area contributed by atoms with Crippen molar-refractivity contribution in [2.24, 2.45) is 0 Å². The fourth-order valence-electron chi connectivity index (χ4n) is 3.15. The molecule has 5 nitrogen and oxygen atoms in total. The van der Waals surface area contributed by atoms with Crippen LogP contribution in [0.5, 0.6) is 0 Å². The first-order valence-corrected chi connectivity index (χ1v) is 8.66. The molecule has 1 aliphatic rings. The summed E-state index contributed by atoms with van der Waals surface area (Å²) in [6.45, 7) is 6.44. The number of hydrogen-bond donors (Lipinski definition) is 1. The molecular weight excluding hydrogens is 328 g/mol. The Hall–Kier alpha value is -2.95. The molecule has 0 saturated carbocycles. The van der Waals surface area contributed by atoms with Gasteiger partial charge in [0.1, 0.15) is 0 Å². The van der Waals surface area contributed by atoms with E-state index in [1.807, 2.05) is 39.0 Å². The van der Waals surface area contributed by atoms with Gasteiger partial charge in [-0.2, -0.15) is 0 Å². The minimum atomic E-state index is -0.327. The van der Waals surface area contributed by atoms with E-state index in [1.54, 1.807) is 12.1 Å². The molecule has 0 spiro atoms. The average Bonchev–Trinajstić information content (AvgIpc) is 2.82. The summed E-state index contributed by atoms with van der Waals surface area (Å²) in [5, 5.41) is 2.85. The van der Waals surface area contributed by atoms with Gasteiger partial charge in [0.15, 0.2) is 0 Å². The standard InChI is InChI=1S/C21H22N2O3/c1-13-4-6-16(15(3)10-13)12-22-19(24)8-9-23-20(25)17-7-5-14(2)11-18(17)21(23)26/h4-7,10-11H,8-9,12H2,1-3H3,(H,22,24). The van der Waals surface area contributed by atoms with Gasteiger partial charge in [0.25, 0.3) is 11.8 Å². The zero-order chi connectivity index (χ0) is 18.8. The smallest absolute Gasteiger partial charge is 0.261 e. The van der Waals surface area contributed by atoms with E-state index in [-0.39, 0.29) is 30.7 Å². The Labute approximate surface area is 153 Å². The maximum Gasteiger partial charge on any atom is 0.261 e. The van der Waals surface area contributed by atoms with Crippen molar-refractivity contribution in [2.75, 3.05) is 6.54 Å². The number of amides is 3. The van der Waals surface area contributed by atoms with E-state index in [4.69, 9.17) is 0 Å². The molecule has 3 rings (SSSR count). The predicted molar refractivity (Wildman–Crippen MR) is 98.9 cm³/mol. The molecule has 0 bridgehead atoms. The number of nitrogens with zero attached hydrogens (tertiary/aromatic N) is 1. The Balaban J connectivity index is 1.57. The van der Waals surface area contributed by atoms with Gasteiger partial charge < -0.3 is 5.32 Å². The fourth-order valence-corrected chi connectivity index (χ4v) is 3.15. The SMILES string of the molecule is Cc1ccc(CNC(=O)CCN2C(=O)c3ccc(C)cc3C2=O)c(C)c1. The number of nitrogens with one attached hydrogen (secondary N) is 1. The largest absolute Gasteiger partial charge is 0.352 e. The minimum Gasteiger partial charge on any atom is -0.352 e. The van der Waals surface area contributed by atoms with Crippen molar-refractivity contribution in [1.82, 2.24) is 10.2 Å². The molecule has 3 amide bonds. The number of carbonyl (C=O) groups is 3. The van der Waals surface area contributed by atoms with Gasteiger partial charge in [-0.25, -0.2) is 0 Å². The van der Waals surface area contributed by atoms with Gasteiger partial charge in [0, 0.05) is 19.5 Å². The first-order valence-electron chi connectivity index (χ1n) is 8.66.